The number of hydrogen-bond acceptors (Lipinski definition) is 3. The lowest BCUT2D eigenvalue weighted by Gasteiger charge is -2.22. The third-order valence-electron chi connectivity index (χ3n) is 3.40. The van der Waals surface area contributed by atoms with Crippen molar-refractivity contribution in [1.29, 1.82) is 0 Å². The minimum absolute atomic E-state index is 0.191. The number of carbonyl (C=O) groups is 1. The van der Waals surface area contributed by atoms with Crippen LogP contribution in [0.4, 0.5) is 4.79 Å². The fourth-order valence-corrected chi connectivity index (χ4v) is 2.41. The Hall–Kier alpha value is -1.30. The molecule has 1 fully saturated rings. The fraction of sp³-hybridized carbons (Fsp3) is 0.533. The molecule has 116 valence electrons. The molecule has 0 bridgehead atoms. The monoisotopic (exact) mass is 312 g/mol. The minimum atomic E-state index is -0.565. The second-order valence-electron chi connectivity index (χ2n) is 5.10. The highest BCUT2D eigenvalue weighted by molar-refractivity contribution is 6.31. The molecule has 1 saturated heterocycles. The van der Waals surface area contributed by atoms with Crippen LogP contribution in [0, 0.1) is 0 Å². The zero-order valence-corrected chi connectivity index (χ0v) is 12.9. The molecule has 0 atom stereocenters. The molecule has 1 aliphatic rings. The molecular formula is C15H21ClN2O3. The smallest absolute Gasteiger partial charge is 0.314 e. The van der Waals surface area contributed by atoms with Gasteiger partial charge in [0, 0.05) is 24.5 Å². The molecule has 5 nitrogen and oxygen atoms in total. The predicted molar refractivity (Wildman–Crippen MR) is 81.5 cm³/mol. The van der Waals surface area contributed by atoms with Crippen molar-refractivity contribution >= 4 is 17.6 Å². The maximum Gasteiger partial charge on any atom is 0.314 e. The van der Waals surface area contributed by atoms with E-state index in [0.29, 0.717) is 39.1 Å². The lowest BCUT2D eigenvalue weighted by Crippen LogP contribution is -2.40. The van der Waals surface area contributed by atoms with Gasteiger partial charge in [-0.3, -0.25) is 0 Å². The Morgan fingerprint density at radius 2 is 1.90 bits per heavy atom. The van der Waals surface area contributed by atoms with Gasteiger partial charge in [-0.1, -0.05) is 29.8 Å². The zero-order valence-electron chi connectivity index (χ0n) is 12.2. The average Bonchev–Trinajstić information content (AvgIpc) is 2.88. The van der Waals surface area contributed by atoms with Gasteiger partial charge < -0.3 is 20.1 Å². The number of halogens is 1. The van der Waals surface area contributed by atoms with Gasteiger partial charge in [0.15, 0.2) is 5.79 Å². The van der Waals surface area contributed by atoms with Gasteiger partial charge in [-0.15, -0.1) is 0 Å². The summed E-state index contributed by atoms with van der Waals surface area (Å²) in [4.78, 5) is 11.7. The SMILES string of the molecule is CC1(CCNC(=O)NCCc2ccccc2Cl)OCCO1. The van der Waals surface area contributed by atoms with Gasteiger partial charge >= 0.3 is 6.03 Å². The van der Waals surface area contributed by atoms with Gasteiger partial charge in [0.2, 0.25) is 0 Å². The van der Waals surface area contributed by atoms with Gasteiger partial charge in [0.1, 0.15) is 0 Å². The van der Waals surface area contributed by atoms with Crippen LogP contribution < -0.4 is 10.6 Å². The number of benzene rings is 1. The van der Waals surface area contributed by atoms with E-state index >= 15 is 0 Å². The summed E-state index contributed by atoms with van der Waals surface area (Å²) in [6.07, 6.45) is 1.34. The van der Waals surface area contributed by atoms with Crippen molar-refractivity contribution in [2.45, 2.75) is 25.6 Å². The molecule has 1 aromatic carbocycles. The number of carbonyl (C=O) groups excluding carboxylic acids is 1. The second kappa shape index (κ2) is 7.64. The Balaban J connectivity index is 1.60. The predicted octanol–water partition coefficient (Wildman–Crippen LogP) is 2.33. The van der Waals surface area contributed by atoms with Crippen LogP contribution >= 0.6 is 11.6 Å². The molecule has 1 heterocycles. The Kier molecular flexibility index (Phi) is 5.85. The lowest BCUT2D eigenvalue weighted by molar-refractivity contribution is -0.145. The summed E-state index contributed by atoms with van der Waals surface area (Å²) >= 11 is 6.06. The van der Waals surface area contributed by atoms with Crippen LogP contribution in [0.2, 0.25) is 5.02 Å². The standard InChI is InChI=1S/C15H21ClN2O3/c1-15(20-10-11-21-15)7-9-18-14(19)17-8-6-12-4-2-3-5-13(12)16/h2-5H,6-11H2,1H3,(H2,17,18,19). The lowest BCUT2D eigenvalue weighted by atomic mass is 10.1. The second-order valence-corrected chi connectivity index (χ2v) is 5.51. The summed E-state index contributed by atoms with van der Waals surface area (Å²) in [6.45, 7) is 4.16. The number of nitrogens with one attached hydrogen (secondary N) is 2. The molecule has 0 unspecified atom stereocenters. The van der Waals surface area contributed by atoms with Crippen LogP contribution in [0.5, 0.6) is 0 Å². The summed E-state index contributed by atoms with van der Waals surface area (Å²) in [5.41, 5.74) is 1.03. The third kappa shape index (κ3) is 5.19. The molecule has 21 heavy (non-hydrogen) atoms. The molecule has 0 aliphatic carbocycles. The molecule has 2 rings (SSSR count). The summed E-state index contributed by atoms with van der Waals surface area (Å²) in [5.74, 6) is -0.565. The molecule has 0 spiro atoms. The van der Waals surface area contributed by atoms with Crippen molar-refractivity contribution in [3.05, 3.63) is 34.9 Å². The largest absolute Gasteiger partial charge is 0.348 e. The van der Waals surface area contributed by atoms with Gasteiger partial charge in [-0.25, -0.2) is 4.79 Å². The topological polar surface area (TPSA) is 59.6 Å². The molecule has 0 aromatic heterocycles. The first-order valence-corrected chi connectivity index (χ1v) is 7.50. The molecule has 1 aliphatic heterocycles. The van der Waals surface area contributed by atoms with Crippen LogP contribution in [0.15, 0.2) is 24.3 Å². The Morgan fingerprint density at radius 3 is 2.62 bits per heavy atom. The first-order chi connectivity index (χ1) is 10.1. The van der Waals surface area contributed by atoms with Gasteiger partial charge in [-0.2, -0.15) is 0 Å². The normalized spacial score (nSPS) is 16.7. The molecular weight excluding hydrogens is 292 g/mol. The summed E-state index contributed by atoms with van der Waals surface area (Å²) < 4.78 is 10.9. The number of hydrogen-bond donors (Lipinski definition) is 2. The van der Waals surface area contributed by atoms with E-state index in [1.165, 1.54) is 0 Å². The van der Waals surface area contributed by atoms with E-state index in [1.54, 1.807) is 0 Å². The molecule has 1 aromatic rings. The highest BCUT2D eigenvalue weighted by atomic mass is 35.5. The Labute approximate surface area is 130 Å². The van der Waals surface area contributed by atoms with Crippen molar-refractivity contribution in [2.75, 3.05) is 26.3 Å². The summed E-state index contributed by atoms with van der Waals surface area (Å²) in [6, 6.07) is 7.43. The summed E-state index contributed by atoms with van der Waals surface area (Å²) in [7, 11) is 0. The molecule has 0 saturated carbocycles. The van der Waals surface area contributed by atoms with E-state index < -0.39 is 5.79 Å². The van der Waals surface area contributed by atoms with E-state index in [9.17, 15) is 4.79 Å². The molecule has 0 radical (unpaired) electrons. The number of rotatable bonds is 6. The Bertz CT molecular complexity index is 476. The molecule has 6 heteroatoms. The number of urea groups is 1. The van der Waals surface area contributed by atoms with Crippen molar-refractivity contribution in [3.8, 4) is 0 Å². The quantitative estimate of drug-likeness (QED) is 0.847. The number of amides is 2. The van der Waals surface area contributed by atoms with E-state index in [1.807, 2.05) is 31.2 Å². The van der Waals surface area contributed by atoms with Gasteiger partial charge in [0.05, 0.1) is 13.2 Å². The van der Waals surface area contributed by atoms with Crippen LogP contribution in [0.3, 0.4) is 0 Å². The van der Waals surface area contributed by atoms with Gasteiger partial charge in [-0.05, 0) is 25.0 Å². The molecule has 2 N–H and O–H groups in total. The first kappa shape index (κ1) is 16.1. The van der Waals surface area contributed by atoms with Crippen LogP contribution in [0.25, 0.3) is 0 Å². The van der Waals surface area contributed by atoms with Crippen LogP contribution in [0.1, 0.15) is 18.9 Å². The summed E-state index contributed by atoms with van der Waals surface area (Å²) in [5, 5.41) is 6.32. The average molecular weight is 313 g/mol. The number of ether oxygens (including phenoxy) is 2. The van der Waals surface area contributed by atoms with Crippen molar-refractivity contribution in [3.63, 3.8) is 0 Å². The highest BCUT2D eigenvalue weighted by Crippen LogP contribution is 2.21. The van der Waals surface area contributed by atoms with Crippen molar-refractivity contribution in [1.82, 2.24) is 10.6 Å². The van der Waals surface area contributed by atoms with Crippen LogP contribution in [-0.2, 0) is 15.9 Å². The Morgan fingerprint density at radius 1 is 1.24 bits per heavy atom. The minimum Gasteiger partial charge on any atom is -0.348 e. The maximum absolute atomic E-state index is 11.7. The molecule has 2 amide bonds. The third-order valence-corrected chi connectivity index (χ3v) is 3.77. The van der Waals surface area contributed by atoms with Gasteiger partial charge in [0.25, 0.3) is 0 Å². The van der Waals surface area contributed by atoms with Crippen molar-refractivity contribution in [2.24, 2.45) is 0 Å². The fourth-order valence-electron chi connectivity index (χ4n) is 2.18. The van der Waals surface area contributed by atoms with E-state index in [-0.39, 0.29) is 6.03 Å². The highest BCUT2D eigenvalue weighted by Gasteiger charge is 2.30. The first-order valence-electron chi connectivity index (χ1n) is 7.12. The van der Waals surface area contributed by atoms with E-state index in [0.717, 1.165) is 10.6 Å². The van der Waals surface area contributed by atoms with E-state index in [2.05, 4.69) is 10.6 Å². The maximum atomic E-state index is 11.7. The van der Waals surface area contributed by atoms with Crippen LogP contribution in [-0.4, -0.2) is 38.1 Å². The van der Waals surface area contributed by atoms with Crippen molar-refractivity contribution < 1.29 is 14.3 Å². The van der Waals surface area contributed by atoms with E-state index in [4.69, 9.17) is 21.1 Å². The zero-order chi connectivity index (χ0) is 15.1.